The molecule has 0 aliphatic carbocycles. The second-order valence-electron chi connectivity index (χ2n) is 5.45. The minimum absolute atomic E-state index is 0.303. The van der Waals surface area contributed by atoms with Crippen LogP contribution in [0.2, 0.25) is 0 Å². The molecule has 6 heteroatoms. The second-order valence-corrected chi connectivity index (χ2v) is 5.45. The summed E-state index contributed by atoms with van der Waals surface area (Å²) in [7, 11) is 0. The van der Waals surface area contributed by atoms with E-state index in [4.69, 9.17) is 9.26 Å². The zero-order chi connectivity index (χ0) is 15.8. The molecule has 0 aromatic carbocycles. The van der Waals surface area contributed by atoms with Gasteiger partial charge in [0.25, 0.3) is 0 Å². The zero-order valence-corrected chi connectivity index (χ0v) is 13.9. The Morgan fingerprint density at radius 3 is 2.77 bits per heavy atom. The molecule has 1 aromatic heterocycles. The number of guanidine groups is 1. The van der Waals surface area contributed by atoms with Gasteiger partial charge in [-0.05, 0) is 26.2 Å². The quantitative estimate of drug-likeness (QED) is 0.596. The van der Waals surface area contributed by atoms with Crippen molar-refractivity contribution in [3.63, 3.8) is 0 Å². The third-order valence-electron chi connectivity index (χ3n) is 3.87. The van der Waals surface area contributed by atoms with Crippen LogP contribution in [0.25, 0.3) is 0 Å². The fraction of sp³-hybridized carbons (Fsp3) is 0.750. The molecule has 1 aliphatic heterocycles. The second kappa shape index (κ2) is 8.78. The molecule has 0 amide bonds. The highest BCUT2D eigenvalue weighted by atomic mass is 16.5. The van der Waals surface area contributed by atoms with E-state index in [1.165, 1.54) is 0 Å². The van der Waals surface area contributed by atoms with Crippen LogP contribution in [0.4, 0.5) is 0 Å². The predicted octanol–water partition coefficient (Wildman–Crippen LogP) is 2.03. The summed E-state index contributed by atoms with van der Waals surface area (Å²) in [5, 5.41) is 10.8. The van der Waals surface area contributed by atoms with Gasteiger partial charge in [0, 0.05) is 31.7 Å². The molecule has 2 N–H and O–H groups in total. The standard InChI is InChI=1S/C16H28N4O2/c1-4-14-13(15(5-2)22-20-14)11-19-16(17-6-3)18-10-12-8-7-9-21-12/h12H,4-11H2,1-3H3,(H2,17,18,19). The molecule has 0 bridgehead atoms. The van der Waals surface area contributed by atoms with Crippen molar-refractivity contribution in [1.29, 1.82) is 0 Å². The Kier molecular flexibility index (Phi) is 6.71. The highest BCUT2D eigenvalue weighted by molar-refractivity contribution is 5.79. The van der Waals surface area contributed by atoms with E-state index in [9.17, 15) is 0 Å². The third kappa shape index (κ3) is 4.47. The number of rotatable bonds is 7. The lowest BCUT2D eigenvalue weighted by molar-refractivity contribution is 0.114. The van der Waals surface area contributed by atoms with Gasteiger partial charge in [-0.3, -0.25) is 0 Å². The van der Waals surface area contributed by atoms with Crippen LogP contribution >= 0.6 is 0 Å². The van der Waals surface area contributed by atoms with Gasteiger partial charge in [-0.1, -0.05) is 19.0 Å². The maximum atomic E-state index is 5.63. The highest BCUT2D eigenvalue weighted by Gasteiger charge is 2.16. The lowest BCUT2D eigenvalue weighted by Gasteiger charge is -2.14. The Balaban J connectivity index is 1.98. The molecular weight excluding hydrogens is 280 g/mol. The van der Waals surface area contributed by atoms with E-state index in [1.54, 1.807) is 0 Å². The van der Waals surface area contributed by atoms with Gasteiger partial charge in [-0.15, -0.1) is 0 Å². The molecule has 1 saturated heterocycles. The van der Waals surface area contributed by atoms with E-state index in [2.05, 4.69) is 41.6 Å². The number of aromatic nitrogens is 1. The van der Waals surface area contributed by atoms with Gasteiger partial charge in [0.05, 0.1) is 18.3 Å². The summed E-state index contributed by atoms with van der Waals surface area (Å²) in [6, 6.07) is 0. The summed E-state index contributed by atoms with van der Waals surface area (Å²) >= 11 is 0. The van der Waals surface area contributed by atoms with Crippen LogP contribution in [-0.4, -0.2) is 36.9 Å². The minimum atomic E-state index is 0.303. The molecule has 124 valence electrons. The first kappa shape index (κ1) is 16.8. The van der Waals surface area contributed by atoms with Gasteiger partial charge in [0.2, 0.25) is 0 Å². The average molecular weight is 308 g/mol. The monoisotopic (exact) mass is 308 g/mol. The van der Waals surface area contributed by atoms with Crippen molar-refractivity contribution in [1.82, 2.24) is 15.8 Å². The number of aliphatic imine (C=N–C) groups is 1. The van der Waals surface area contributed by atoms with E-state index in [1.807, 2.05) is 0 Å². The number of ether oxygens (including phenoxy) is 1. The molecule has 0 radical (unpaired) electrons. The van der Waals surface area contributed by atoms with Crippen LogP contribution in [0.1, 0.15) is 50.6 Å². The summed E-state index contributed by atoms with van der Waals surface area (Å²) in [6.07, 6.45) is 4.29. The fourth-order valence-corrected chi connectivity index (χ4v) is 2.63. The molecule has 1 atom stereocenters. The van der Waals surface area contributed by atoms with E-state index in [0.717, 1.165) is 68.4 Å². The van der Waals surface area contributed by atoms with Gasteiger partial charge in [0.15, 0.2) is 5.96 Å². The van der Waals surface area contributed by atoms with Gasteiger partial charge in [0.1, 0.15) is 5.76 Å². The molecule has 2 rings (SSSR count). The Morgan fingerprint density at radius 2 is 2.14 bits per heavy atom. The van der Waals surface area contributed by atoms with Crippen LogP contribution in [0.15, 0.2) is 9.52 Å². The Bertz CT molecular complexity index is 457. The molecule has 1 aliphatic rings. The summed E-state index contributed by atoms with van der Waals surface area (Å²) < 4.78 is 11.0. The smallest absolute Gasteiger partial charge is 0.191 e. The number of nitrogens with one attached hydrogen (secondary N) is 2. The van der Waals surface area contributed by atoms with Crippen LogP contribution in [0, 0.1) is 0 Å². The molecule has 1 unspecified atom stereocenters. The van der Waals surface area contributed by atoms with E-state index in [0.29, 0.717) is 12.6 Å². The van der Waals surface area contributed by atoms with Crippen molar-refractivity contribution in [2.24, 2.45) is 4.99 Å². The first-order valence-corrected chi connectivity index (χ1v) is 8.38. The van der Waals surface area contributed by atoms with Crippen molar-refractivity contribution in [2.45, 2.75) is 59.1 Å². The zero-order valence-electron chi connectivity index (χ0n) is 13.9. The normalized spacial score (nSPS) is 18.7. The van der Waals surface area contributed by atoms with Gasteiger partial charge in [-0.25, -0.2) is 4.99 Å². The van der Waals surface area contributed by atoms with Crippen LogP contribution in [0.5, 0.6) is 0 Å². The molecule has 22 heavy (non-hydrogen) atoms. The van der Waals surface area contributed by atoms with Crippen LogP contribution in [-0.2, 0) is 24.1 Å². The summed E-state index contributed by atoms with van der Waals surface area (Å²) in [5.74, 6) is 1.76. The van der Waals surface area contributed by atoms with Gasteiger partial charge >= 0.3 is 0 Å². The number of nitrogens with zero attached hydrogens (tertiary/aromatic N) is 2. The molecule has 1 aromatic rings. The van der Waals surface area contributed by atoms with Crippen molar-refractivity contribution in [2.75, 3.05) is 19.7 Å². The van der Waals surface area contributed by atoms with Crippen molar-refractivity contribution < 1.29 is 9.26 Å². The Hall–Kier alpha value is -1.56. The van der Waals surface area contributed by atoms with Gasteiger partial charge in [-0.2, -0.15) is 0 Å². The topological polar surface area (TPSA) is 71.7 Å². The lowest BCUT2D eigenvalue weighted by atomic mass is 10.1. The maximum absolute atomic E-state index is 5.63. The average Bonchev–Trinajstić information content (AvgIpc) is 3.18. The number of hydrogen-bond donors (Lipinski definition) is 2. The fourth-order valence-electron chi connectivity index (χ4n) is 2.63. The largest absolute Gasteiger partial charge is 0.376 e. The lowest BCUT2D eigenvalue weighted by Crippen LogP contribution is -2.41. The first-order valence-electron chi connectivity index (χ1n) is 8.38. The van der Waals surface area contributed by atoms with Crippen molar-refractivity contribution in [3.8, 4) is 0 Å². The van der Waals surface area contributed by atoms with Crippen LogP contribution < -0.4 is 10.6 Å². The Labute approximate surface area is 132 Å². The van der Waals surface area contributed by atoms with E-state index < -0.39 is 0 Å². The Morgan fingerprint density at radius 1 is 1.27 bits per heavy atom. The molecule has 2 heterocycles. The van der Waals surface area contributed by atoms with Crippen LogP contribution in [0.3, 0.4) is 0 Å². The van der Waals surface area contributed by atoms with E-state index in [-0.39, 0.29) is 0 Å². The summed E-state index contributed by atoms with van der Waals surface area (Å²) in [4.78, 5) is 4.67. The first-order chi connectivity index (χ1) is 10.8. The predicted molar refractivity (Wildman–Crippen MR) is 87.1 cm³/mol. The SMILES string of the molecule is CCNC(=NCc1c(CC)noc1CC)NCC1CCCO1. The third-order valence-corrected chi connectivity index (χ3v) is 3.87. The molecule has 6 nitrogen and oxygen atoms in total. The summed E-state index contributed by atoms with van der Waals surface area (Å²) in [6.45, 7) is 9.34. The van der Waals surface area contributed by atoms with E-state index >= 15 is 0 Å². The maximum Gasteiger partial charge on any atom is 0.191 e. The number of hydrogen-bond acceptors (Lipinski definition) is 4. The van der Waals surface area contributed by atoms with Gasteiger partial charge < -0.3 is 19.9 Å². The van der Waals surface area contributed by atoms with Crippen molar-refractivity contribution >= 4 is 5.96 Å². The molecule has 0 spiro atoms. The molecule has 0 saturated carbocycles. The molecule has 1 fully saturated rings. The number of aryl methyl sites for hydroxylation is 2. The molecular formula is C16H28N4O2. The minimum Gasteiger partial charge on any atom is -0.376 e. The highest BCUT2D eigenvalue weighted by Crippen LogP contribution is 2.16. The van der Waals surface area contributed by atoms with Crippen molar-refractivity contribution in [3.05, 3.63) is 17.0 Å². The summed E-state index contributed by atoms with van der Waals surface area (Å²) in [5.41, 5.74) is 2.13.